The summed E-state index contributed by atoms with van der Waals surface area (Å²) in [6, 6.07) is -0.448. The molecular formula is C11H17ClN2O4S. The second kappa shape index (κ2) is 6.38. The summed E-state index contributed by atoms with van der Waals surface area (Å²) < 4.78 is 27.6. The number of amides is 1. The molecule has 0 unspecified atom stereocenters. The smallest absolute Gasteiger partial charge is 0.229 e. The van der Waals surface area contributed by atoms with Crippen LogP contribution in [-0.4, -0.2) is 37.0 Å². The molecular weight excluding hydrogens is 292 g/mol. The molecule has 108 valence electrons. The Morgan fingerprint density at radius 1 is 1.53 bits per heavy atom. The van der Waals surface area contributed by atoms with Gasteiger partial charge in [-0.2, -0.15) is 0 Å². The van der Waals surface area contributed by atoms with Crippen LogP contribution in [0.3, 0.4) is 0 Å². The van der Waals surface area contributed by atoms with Gasteiger partial charge in [0.15, 0.2) is 9.84 Å². The second-order valence-electron chi connectivity index (χ2n) is 4.36. The molecule has 0 radical (unpaired) electrons. The first-order chi connectivity index (χ1) is 8.75. The van der Waals surface area contributed by atoms with Gasteiger partial charge in [0.1, 0.15) is 0 Å². The maximum atomic E-state index is 11.8. The molecule has 1 heterocycles. The largest absolute Gasteiger partial charge is 0.352 e. The van der Waals surface area contributed by atoms with Gasteiger partial charge in [-0.15, -0.1) is 0 Å². The Bertz CT molecular complexity index is 534. The third-order valence-corrected chi connectivity index (χ3v) is 4.81. The van der Waals surface area contributed by atoms with Crippen LogP contribution in [0.2, 0.25) is 5.22 Å². The minimum atomic E-state index is -3.11. The minimum Gasteiger partial charge on any atom is -0.352 e. The van der Waals surface area contributed by atoms with Gasteiger partial charge in [-0.25, -0.2) is 8.42 Å². The molecule has 0 saturated carbocycles. The molecule has 0 aliphatic carbocycles. The summed E-state index contributed by atoms with van der Waals surface area (Å²) in [5.41, 5.74) is 1.07. The topological polar surface area (TPSA) is 89.3 Å². The van der Waals surface area contributed by atoms with Gasteiger partial charge in [0.05, 0.1) is 17.9 Å². The Hall–Kier alpha value is -1.08. The second-order valence-corrected chi connectivity index (χ2v) is 7.11. The van der Waals surface area contributed by atoms with Crippen molar-refractivity contribution in [2.75, 3.05) is 11.5 Å². The monoisotopic (exact) mass is 308 g/mol. The van der Waals surface area contributed by atoms with E-state index >= 15 is 0 Å². The van der Waals surface area contributed by atoms with E-state index in [1.54, 1.807) is 20.8 Å². The van der Waals surface area contributed by atoms with Crippen molar-refractivity contribution in [3.05, 3.63) is 16.5 Å². The number of carbonyl (C=O) groups is 1. The van der Waals surface area contributed by atoms with Crippen LogP contribution in [-0.2, 0) is 21.1 Å². The van der Waals surface area contributed by atoms with Crippen molar-refractivity contribution >= 4 is 27.3 Å². The lowest BCUT2D eigenvalue weighted by molar-refractivity contribution is -0.120. The number of aryl methyl sites for hydroxylation is 1. The van der Waals surface area contributed by atoms with Crippen molar-refractivity contribution < 1.29 is 17.7 Å². The molecule has 0 aliphatic rings. The van der Waals surface area contributed by atoms with Crippen molar-refractivity contribution in [2.45, 2.75) is 33.2 Å². The average molecular weight is 309 g/mol. The van der Waals surface area contributed by atoms with Crippen LogP contribution in [0.1, 0.15) is 25.1 Å². The number of sulfone groups is 1. The zero-order valence-electron chi connectivity index (χ0n) is 11.1. The van der Waals surface area contributed by atoms with E-state index < -0.39 is 15.9 Å². The Labute approximate surface area is 117 Å². The van der Waals surface area contributed by atoms with Gasteiger partial charge in [0.2, 0.25) is 11.1 Å². The van der Waals surface area contributed by atoms with Crippen LogP contribution in [0.4, 0.5) is 0 Å². The first kappa shape index (κ1) is 16.0. The Kier molecular flexibility index (Phi) is 5.37. The third-order valence-electron chi connectivity index (χ3n) is 2.63. The molecule has 0 fully saturated rings. The molecule has 1 N–H and O–H groups in total. The fourth-order valence-corrected chi connectivity index (χ4v) is 2.90. The van der Waals surface area contributed by atoms with Gasteiger partial charge in [-0.05, 0) is 25.4 Å². The van der Waals surface area contributed by atoms with Crippen LogP contribution in [0, 0.1) is 6.92 Å². The summed E-state index contributed by atoms with van der Waals surface area (Å²) in [6.07, 6.45) is 0.0185. The van der Waals surface area contributed by atoms with Gasteiger partial charge in [-0.3, -0.25) is 4.79 Å². The van der Waals surface area contributed by atoms with Crippen molar-refractivity contribution in [1.82, 2.24) is 10.5 Å². The molecule has 1 rings (SSSR count). The maximum absolute atomic E-state index is 11.8. The standard InChI is InChI=1S/C11H17ClN2O4S/c1-4-19(16,17)6-7(2)13-10(15)5-9-8(3)14-18-11(9)12/h7H,4-6H2,1-3H3,(H,13,15)/t7-/m0/s1. The predicted octanol–water partition coefficient (Wildman–Crippen LogP) is 1.12. The average Bonchev–Trinajstić information content (AvgIpc) is 2.60. The Morgan fingerprint density at radius 2 is 2.16 bits per heavy atom. The summed E-state index contributed by atoms with van der Waals surface area (Å²) in [6.45, 7) is 4.90. The van der Waals surface area contributed by atoms with E-state index in [4.69, 9.17) is 16.1 Å². The van der Waals surface area contributed by atoms with E-state index in [1.807, 2.05) is 0 Å². The first-order valence-corrected chi connectivity index (χ1v) is 8.05. The lowest BCUT2D eigenvalue weighted by atomic mass is 10.2. The van der Waals surface area contributed by atoms with Crippen LogP contribution in [0.25, 0.3) is 0 Å². The molecule has 0 aromatic carbocycles. The fraction of sp³-hybridized carbons (Fsp3) is 0.636. The van der Waals surface area contributed by atoms with Crippen LogP contribution in [0.15, 0.2) is 4.52 Å². The third kappa shape index (κ3) is 4.83. The fourth-order valence-electron chi connectivity index (χ4n) is 1.59. The van der Waals surface area contributed by atoms with Gasteiger partial charge in [0.25, 0.3) is 0 Å². The number of hydrogen-bond donors (Lipinski definition) is 1. The molecule has 8 heteroatoms. The molecule has 1 amide bonds. The van der Waals surface area contributed by atoms with Crippen molar-refractivity contribution in [1.29, 1.82) is 0 Å². The summed E-state index contributed by atoms with van der Waals surface area (Å²) in [4.78, 5) is 11.8. The van der Waals surface area contributed by atoms with Crippen molar-refractivity contribution in [3.63, 3.8) is 0 Å². The van der Waals surface area contributed by atoms with Gasteiger partial charge < -0.3 is 9.84 Å². The van der Waals surface area contributed by atoms with E-state index in [9.17, 15) is 13.2 Å². The molecule has 0 spiro atoms. The van der Waals surface area contributed by atoms with E-state index in [-0.39, 0.29) is 29.1 Å². The van der Waals surface area contributed by atoms with E-state index in [2.05, 4.69) is 10.5 Å². The quantitative estimate of drug-likeness (QED) is 0.850. The lowest BCUT2D eigenvalue weighted by Gasteiger charge is -2.13. The molecule has 6 nitrogen and oxygen atoms in total. The summed E-state index contributed by atoms with van der Waals surface area (Å²) in [7, 11) is -3.11. The Morgan fingerprint density at radius 3 is 2.63 bits per heavy atom. The number of carbonyl (C=O) groups excluding carboxylic acids is 1. The SMILES string of the molecule is CCS(=O)(=O)C[C@H](C)NC(=O)Cc1c(C)noc1Cl. The zero-order chi connectivity index (χ0) is 14.6. The summed E-state index contributed by atoms with van der Waals surface area (Å²) in [5.74, 6) is -0.331. The van der Waals surface area contributed by atoms with Crippen LogP contribution >= 0.6 is 11.6 Å². The van der Waals surface area contributed by atoms with E-state index in [0.717, 1.165) is 0 Å². The Balaban J connectivity index is 2.57. The zero-order valence-corrected chi connectivity index (χ0v) is 12.6. The van der Waals surface area contributed by atoms with Crippen LogP contribution < -0.4 is 5.32 Å². The van der Waals surface area contributed by atoms with Gasteiger partial charge in [0, 0.05) is 17.4 Å². The number of halogens is 1. The summed E-state index contributed by atoms with van der Waals surface area (Å²) in [5, 5.41) is 6.34. The summed E-state index contributed by atoms with van der Waals surface area (Å²) >= 11 is 5.75. The molecule has 1 atom stereocenters. The maximum Gasteiger partial charge on any atom is 0.229 e. The molecule has 0 aliphatic heterocycles. The number of aromatic nitrogens is 1. The van der Waals surface area contributed by atoms with Crippen molar-refractivity contribution in [3.8, 4) is 0 Å². The number of nitrogens with zero attached hydrogens (tertiary/aromatic N) is 1. The van der Waals surface area contributed by atoms with Crippen LogP contribution in [0.5, 0.6) is 0 Å². The van der Waals surface area contributed by atoms with E-state index in [0.29, 0.717) is 11.3 Å². The predicted molar refractivity (Wildman–Crippen MR) is 71.9 cm³/mol. The molecule has 0 bridgehead atoms. The normalized spacial score (nSPS) is 13.3. The molecule has 1 aromatic rings. The highest BCUT2D eigenvalue weighted by atomic mass is 35.5. The van der Waals surface area contributed by atoms with Gasteiger partial charge in [-0.1, -0.05) is 12.1 Å². The number of rotatable bonds is 6. The number of hydrogen-bond acceptors (Lipinski definition) is 5. The lowest BCUT2D eigenvalue weighted by Crippen LogP contribution is -2.38. The molecule has 0 saturated heterocycles. The first-order valence-electron chi connectivity index (χ1n) is 5.85. The minimum absolute atomic E-state index is 0.0185. The number of nitrogens with one attached hydrogen (secondary N) is 1. The molecule has 19 heavy (non-hydrogen) atoms. The van der Waals surface area contributed by atoms with E-state index in [1.165, 1.54) is 0 Å². The highest BCUT2D eigenvalue weighted by molar-refractivity contribution is 7.91. The molecule has 1 aromatic heterocycles. The highest BCUT2D eigenvalue weighted by Crippen LogP contribution is 2.19. The van der Waals surface area contributed by atoms with Gasteiger partial charge >= 0.3 is 0 Å². The van der Waals surface area contributed by atoms with Crippen molar-refractivity contribution in [2.24, 2.45) is 0 Å². The highest BCUT2D eigenvalue weighted by Gasteiger charge is 2.18.